The van der Waals surface area contributed by atoms with Crippen LogP contribution in [0.4, 0.5) is 5.69 Å². The van der Waals surface area contributed by atoms with Crippen molar-refractivity contribution in [2.45, 2.75) is 25.9 Å². The lowest BCUT2D eigenvalue weighted by Gasteiger charge is -2.13. The number of rotatable bonds is 6. The van der Waals surface area contributed by atoms with Crippen molar-refractivity contribution in [3.05, 3.63) is 51.1 Å². The van der Waals surface area contributed by atoms with Crippen molar-refractivity contribution in [3.8, 4) is 0 Å². The van der Waals surface area contributed by atoms with Gasteiger partial charge in [0.2, 0.25) is 0 Å². The van der Waals surface area contributed by atoms with Crippen LogP contribution in [0.5, 0.6) is 0 Å². The first-order valence-electron chi connectivity index (χ1n) is 6.83. The maximum absolute atomic E-state index is 12.0. The van der Waals surface area contributed by atoms with E-state index in [2.05, 4.69) is 21.2 Å². The lowest BCUT2D eigenvalue weighted by molar-refractivity contribution is -0.153. The highest BCUT2D eigenvalue weighted by atomic mass is 79.9. The summed E-state index contributed by atoms with van der Waals surface area (Å²) in [5, 5.41) is 4.68. The fraction of sp³-hybridized carbons (Fsp3) is 0.250. The monoisotopic (exact) mass is 381 g/mol. The van der Waals surface area contributed by atoms with E-state index in [0.29, 0.717) is 12.1 Å². The predicted molar refractivity (Wildman–Crippen MR) is 91.0 cm³/mol. The van der Waals surface area contributed by atoms with Gasteiger partial charge < -0.3 is 10.1 Å². The molecule has 1 heterocycles. The molecule has 1 amide bonds. The Morgan fingerprint density at radius 2 is 2.14 bits per heavy atom. The molecule has 0 bridgehead atoms. The average molecular weight is 382 g/mol. The summed E-state index contributed by atoms with van der Waals surface area (Å²) in [4.78, 5) is 24.9. The summed E-state index contributed by atoms with van der Waals surface area (Å²) >= 11 is 4.93. The van der Waals surface area contributed by atoms with E-state index in [1.807, 2.05) is 29.6 Å². The fourth-order valence-corrected chi connectivity index (χ4v) is 2.91. The summed E-state index contributed by atoms with van der Waals surface area (Å²) in [5.74, 6) is -0.715. The van der Waals surface area contributed by atoms with Gasteiger partial charge in [0.15, 0.2) is 6.10 Å². The highest BCUT2D eigenvalue weighted by molar-refractivity contribution is 9.10. The molecule has 0 fully saturated rings. The molecule has 1 aromatic carbocycles. The Labute approximate surface area is 141 Å². The van der Waals surface area contributed by atoms with Gasteiger partial charge in [0.05, 0.1) is 6.42 Å². The lowest BCUT2D eigenvalue weighted by atomic mass is 10.2. The van der Waals surface area contributed by atoms with E-state index in [9.17, 15) is 9.59 Å². The zero-order valence-electron chi connectivity index (χ0n) is 12.0. The number of thiophene rings is 1. The molecule has 6 heteroatoms. The van der Waals surface area contributed by atoms with Crippen LogP contribution in [0, 0.1) is 0 Å². The third-order valence-electron chi connectivity index (χ3n) is 2.93. The maximum Gasteiger partial charge on any atom is 0.306 e. The average Bonchev–Trinajstić information content (AvgIpc) is 2.98. The zero-order chi connectivity index (χ0) is 15.9. The van der Waals surface area contributed by atoms with E-state index in [1.165, 1.54) is 0 Å². The molecule has 2 aromatic rings. The Morgan fingerprint density at radius 1 is 1.32 bits per heavy atom. The number of benzene rings is 1. The minimum Gasteiger partial charge on any atom is -0.453 e. The number of nitrogens with one attached hydrogen (secondary N) is 1. The molecule has 22 heavy (non-hydrogen) atoms. The molecule has 2 rings (SSSR count). The molecular weight excluding hydrogens is 366 g/mol. The molecule has 0 saturated heterocycles. The predicted octanol–water partition coefficient (Wildman–Crippen LogP) is 4.01. The van der Waals surface area contributed by atoms with Crippen molar-refractivity contribution in [2.24, 2.45) is 0 Å². The Balaban J connectivity index is 1.79. The van der Waals surface area contributed by atoms with Crippen LogP contribution >= 0.6 is 27.3 Å². The molecule has 0 unspecified atom stereocenters. The van der Waals surface area contributed by atoms with Gasteiger partial charge in [-0.1, -0.05) is 28.1 Å². The van der Waals surface area contributed by atoms with Crippen molar-refractivity contribution in [1.82, 2.24) is 0 Å². The summed E-state index contributed by atoms with van der Waals surface area (Å²) in [6.07, 6.45) is 0.0840. The lowest BCUT2D eigenvalue weighted by Crippen LogP contribution is -2.30. The van der Waals surface area contributed by atoms with Crippen LogP contribution in [0.25, 0.3) is 0 Å². The molecule has 0 spiro atoms. The molecule has 116 valence electrons. The molecule has 4 nitrogen and oxygen atoms in total. The summed E-state index contributed by atoms with van der Waals surface area (Å²) in [5.41, 5.74) is 0.654. The Bertz CT molecular complexity index is 643. The standard InChI is InChI=1S/C16H16BrNO3S/c1-11(16(20)18-13-5-2-4-12(17)10-13)21-15(19)8-7-14-6-3-9-22-14/h2-6,9-11H,7-8H2,1H3,(H,18,20)/t11-/m0/s1. The van der Waals surface area contributed by atoms with Gasteiger partial charge >= 0.3 is 5.97 Å². The van der Waals surface area contributed by atoms with Crippen molar-refractivity contribution < 1.29 is 14.3 Å². The number of halogens is 1. The second-order valence-corrected chi connectivity index (χ2v) is 6.66. The van der Waals surface area contributed by atoms with Gasteiger partial charge in [-0.05, 0) is 43.0 Å². The number of hydrogen-bond acceptors (Lipinski definition) is 4. The van der Waals surface area contributed by atoms with Crippen LogP contribution in [0.3, 0.4) is 0 Å². The highest BCUT2D eigenvalue weighted by Crippen LogP contribution is 2.16. The first-order valence-corrected chi connectivity index (χ1v) is 8.50. The number of amides is 1. The van der Waals surface area contributed by atoms with Crippen LogP contribution in [-0.2, 0) is 20.7 Å². The number of carbonyl (C=O) groups is 2. The largest absolute Gasteiger partial charge is 0.453 e. The third-order valence-corrected chi connectivity index (χ3v) is 4.35. The first-order chi connectivity index (χ1) is 10.5. The fourth-order valence-electron chi connectivity index (χ4n) is 1.80. The number of ether oxygens (including phenoxy) is 1. The smallest absolute Gasteiger partial charge is 0.306 e. The Kier molecular flexibility index (Phi) is 6.15. The summed E-state index contributed by atoms with van der Waals surface area (Å²) in [6, 6.07) is 11.2. The van der Waals surface area contributed by atoms with Gasteiger partial charge in [-0.15, -0.1) is 11.3 Å². The summed E-state index contributed by atoms with van der Waals surface area (Å²) in [7, 11) is 0. The molecule has 1 N–H and O–H groups in total. The molecular formula is C16H16BrNO3S. The second-order valence-electron chi connectivity index (χ2n) is 4.71. The topological polar surface area (TPSA) is 55.4 Å². The van der Waals surface area contributed by atoms with Crippen LogP contribution in [0.2, 0.25) is 0 Å². The summed E-state index contributed by atoms with van der Waals surface area (Å²) < 4.78 is 6.02. The van der Waals surface area contributed by atoms with E-state index in [-0.39, 0.29) is 18.3 Å². The molecule has 0 saturated carbocycles. The van der Waals surface area contributed by atoms with Crippen LogP contribution in [-0.4, -0.2) is 18.0 Å². The van der Waals surface area contributed by atoms with E-state index in [0.717, 1.165) is 9.35 Å². The van der Waals surface area contributed by atoms with E-state index in [1.54, 1.807) is 30.4 Å². The molecule has 0 aliphatic heterocycles. The number of anilines is 1. The molecule has 0 radical (unpaired) electrons. The van der Waals surface area contributed by atoms with Crippen molar-refractivity contribution in [1.29, 1.82) is 0 Å². The highest BCUT2D eigenvalue weighted by Gasteiger charge is 2.18. The molecule has 1 aromatic heterocycles. The minimum absolute atomic E-state index is 0.273. The number of carbonyl (C=O) groups excluding carboxylic acids is 2. The van der Waals surface area contributed by atoms with E-state index < -0.39 is 6.10 Å². The van der Waals surface area contributed by atoms with Gasteiger partial charge in [0.25, 0.3) is 5.91 Å². The third kappa shape index (κ3) is 5.27. The van der Waals surface area contributed by atoms with Gasteiger partial charge in [-0.3, -0.25) is 9.59 Å². The van der Waals surface area contributed by atoms with Crippen LogP contribution in [0.15, 0.2) is 46.3 Å². The zero-order valence-corrected chi connectivity index (χ0v) is 14.4. The van der Waals surface area contributed by atoms with Crippen LogP contribution < -0.4 is 5.32 Å². The molecule has 0 aliphatic carbocycles. The van der Waals surface area contributed by atoms with Gasteiger partial charge in [-0.25, -0.2) is 0 Å². The van der Waals surface area contributed by atoms with E-state index in [4.69, 9.17) is 4.74 Å². The Morgan fingerprint density at radius 3 is 2.82 bits per heavy atom. The first kappa shape index (κ1) is 16.7. The quantitative estimate of drug-likeness (QED) is 0.768. The maximum atomic E-state index is 12.0. The van der Waals surface area contributed by atoms with Gasteiger partial charge in [0.1, 0.15) is 0 Å². The van der Waals surface area contributed by atoms with Gasteiger partial charge in [-0.2, -0.15) is 0 Å². The normalized spacial score (nSPS) is 11.7. The van der Waals surface area contributed by atoms with Crippen molar-refractivity contribution in [3.63, 3.8) is 0 Å². The number of aryl methyl sites for hydroxylation is 1. The van der Waals surface area contributed by atoms with Crippen molar-refractivity contribution in [2.75, 3.05) is 5.32 Å². The minimum atomic E-state index is -0.824. The SMILES string of the molecule is C[C@H](OC(=O)CCc1cccs1)C(=O)Nc1cccc(Br)c1. The second kappa shape index (κ2) is 8.10. The van der Waals surface area contributed by atoms with E-state index >= 15 is 0 Å². The van der Waals surface area contributed by atoms with Crippen LogP contribution in [0.1, 0.15) is 18.2 Å². The van der Waals surface area contributed by atoms with Gasteiger partial charge in [0, 0.05) is 15.0 Å². The van der Waals surface area contributed by atoms with Crippen molar-refractivity contribution >= 4 is 44.8 Å². The number of hydrogen-bond donors (Lipinski definition) is 1. The summed E-state index contributed by atoms with van der Waals surface area (Å²) in [6.45, 7) is 1.57. The molecule has 0 aliphatic rings. The molecule has 1 atom stereocenters. The Hall–Kier alpha value is -1.66. The number of esters is 1.